The van der Waals surface area contributed by atoms with Crippen molar-refractivity contribution in [2.24, 2.45) is 0 Å². The van der Waals surface area contributed by atoms with Gasteiger partial charge in [0.15, 0.2) is 5.76 Å². The topological polar surface area (TPSA) is 101 Å². The van der Waals surface area contributed by atoms with Crippen LogP contribution in [0.25, 0.3) is 0 Å². The summed E-state index contributed by atoms with van der Waals surface area (Å²) in [6.07, 6.45) is 2.06. The number of halogens is 1. The van der Waals surface area contributed by atoms with E-state index in [1.54, 1.807) is 37.4 Å². The second-order valence-electron chi connectivity index (χ2n) is 5.98. The lowest BCUT2D eigenvalue weighted by Gasteiger charge is -2.17. The standard InChI is InChI=1S/C19H22ClN3O5/c1-23(12-17(24)22-14-11-13(20)7-8-15(14)27-2)18(25)6-3-9-21-19(26)16-5-4-10-28-16/h4-5,7-8,10-11H,3,6,9,12H2,1-2H3,(H,21,26)(H,22,24). The molecular formula is C19H22ClN3O5. The molecule has 0 bridgehead atoms. The Morgan fingerprint density at radius 2 is 2.04 bits per heavy atom. The van der Waals surface area contributed by atoms with Gasteiger partial charge in [-0.2, -0.15) is 0 Å². The first-order valence-corrected chi connectivity index (χ1v) is 8.97. The molecule has 28 heavy (non-hydrogen) atoms. The van der Waals surface area contributed by atoms with Crippen molar-refractivity contribution < 1.29 is 23.5 Å². The number of anilines is 1. The highest BCUT2D eigenvalue weighted by Gasteiger charge is 2.15. The van der Waals surface area contributed by atoms with E-state index >= 15 is 0 Å². The predicted molar refractivity (Wildman–Crippen MR) is 105 cm³/mol. The van der Waals surface area contributed by atoms with Crippen LogP contribution in [0.5, 0.6) is 5.75 Å². The molecule has 0 aliphatic heterocycles. The number of nitrogens with zero attached hydrogens (tertiary/aromatic N) is 1. The molecule has 0 spiro atoms. The summed E-state index contributed by atoms with van der Waals surface area (Å²) in [5.74, 6) is -0.223. The lowest BCUT2D eigenvalue weighted by atomic mass is 10.2. The van der Waals surface area contributed by atoms with Crippen LogP contribution in [0.4, 0.5) is 5.69 Å². The first kappa shape index (κ1) is 21.3. The normalized spacial score (nSPS) is 10.2. The van der Waals surface area contributed by atoms with E-state index in [1.807, 2.05) is 0 Å². The largest absolute Gasteiger partial charge is 0.495 e. The molecule has 9 heteroatoms. The highest BCUT2D eigenvalue weighted by Crippen LogP contribution is 2.27. The van der Waals surface area contributed by atoms with Crippen LogP contribution in [0, 0.1) is 0 Å². The van der Waals surface area contributed by atoms with E-state index in [0.29, 0.717) is 29.4 Å². The van der Waals surface area contributed by atoms with Gasteiger partial charge in [0.25, 0.3) is 5.91 Å². The van der Waals surface area contributed by atoms with Gasteiger partial charge in [0.05, 0.1) is 25.6 Å². The molecule has 8 nitrogen and oxygen atoms in total. The molecule has 0 saturated carbocycles. The Bertz CT molecular complexity index is 823. The Morgan fingerprint density at radius 3 is 2.71 bits per heavy atom. The quantitative estimate of drug-likeness (QED) is 0.622. The van der Waals surface area contributed by atoms with E-state index < -0.39 is 0 Å². The maximum Gasteiger partial charge on any atom is 0.286 e. The number of nitrogens with one attached hydrogen (secondary N) is 2. The zero-order valence-corrected chi connectivity index (χ0v) is 16.4. The monoisotopic (exact) mass is 407 g/mol. The summed E-state index contributed by atoms with van der Waals surface area (Å²) in [4.78, 5) is 37.4. The van der Waals surface area contributed by atoms with Gasteiger partial charge in [0.1, 0.15) is 5.75 Å². The van der Waals surface area contributed by atoms with Crippen molar-refractivity contribution in [1.82, 2.24) is 10.2 Å². The first-order valence-electron chi connectivity index (χ1n) is 8.59. The fraction of sp³-hybridized carbons (Fsp3) is 0.316. The number of rotatable bonds is 9. The minimum atomic E-state index is -0.373. The summed E-state index contributed by atoms with van der Waals surface area (Å²) in [5, 5.41) is 5.79. The SMILES string of the molecule is COc1ccc(Cl)cc1NC(=O)CN(C)C(=O)CCCNC(=O)c1ccco1. The summed E-state index contributed by atoms with van der Waals surface area (Å²) < 4.78 is 10.1. The maximum atomic E-state index is 12.2. The van der Waals surface area contributed by atoms with Crippen molar-refractivity contribution in [3.05, 3.63) is 47.4 Å². The summed E-state index contributed by atoms with van der Waals surface area (Å²) >= 11 is 5.93. The highest BCUT2D eigenvalue weighted by atomic mass is 35.5. The average molecular weight is 408 g/mol. The number of hydrogen-bond donors (Lipinski definition) is 2. The zero-order valence-electron chi connectivity index (χ0n) is 15.7. The van der Waals surface area contributed by atoms with E-state index in [4.69, 9.17) is 20.8 Å². The van der Waals surface area contributed by atoms with Crippen molar-refractivity contribution in [2.75, 3.05) is 32.6 Å². The third kappa shape index (κ3) is 6.31. The van der Waals surface area contributed by atoms with Crippen LogP contribution in [0.3, 0.4) is 0 Å². The number of carbonyl (C=O) groups excluding carboxylic acids is 3. The molecule has 2 rings (SSSR count). The molecule has 0 saturated heterocycles. The van der Waals surface area contributed by atoms with Crippen molar-refractivity contribution >= 4 is 35.0 Å². The molecule has 2 aromatic rings. The number of furan rings is 1. The molecule has 0 unspecified atom stereocenters. The molecule has 0 atom stereocenters. The third-order valence-electron chi connectivity index (χ3n) is 3.84. The molecular weight excluding hydrogens is 386 g/mol. The molecule has 0 radical (unpaired) electrons. The number of likely N-dealkylation sites (N-methyl/N-ethyl adjacent to an activating group) is 1. The smallest absolute Gasteiger partial charge is 0.286 e. The zero-order chi connectivity index (χ0) is 20.5. The summed E-state index contributed by atoms with van der Waals surface area (Å²) in [7, 11) is 3.03. The Hall–Kier alpha value is -3.00. The minimum absolute atomic E-state index is 0.118. The summed E-state index contributed by atoms with van der Waals surface area (Å²) in [6.45, 7) is 0.207. The fourth-order valence-corrected chi connectivity index (χ4v) is 2.57. The number of benzene rings is 1. The molecule has 0 aliphatic rings. The van der Waals surface area contributed by atoms with Crippen LogP contribution in [-0.2, 0) is 9.59 Å². The van der Waals surface area contributed by atoms with Gasteiger partial charge in [-0.15, -0.1) is 0 Å². The Balaban J connectivity index is 1.73. The lowest BCUT2D eigenvalue weighted by Crippen LogP contribution is -2.35. The van der Waals surface area contributed by atoms with Crippen molar-refractivity contribution in [3.8, 4) is 5.75 Å². The molecule has 1 aromatic carbocycles. The van der Waals surface area contributed by atoms with E-state index in [0.717, 1.165) is 0 Å². The van der Waals surface area contributed by atoms with Crippen molar-refractivity contribution in [3.63, 3.8) is 0 Å². The van der Waals surface area contributed by atoms with Crippen LogP contribution in [0.15, 0.2) is 41.0 Å². The highest BCUT2D eigenvalue weighted by molar-refractivity contribution is 6.31. The third-order valence-corrected chi connectivity index (χ3v) is 4.08. The van der Waals surface area contributed by atoms with E-state index in [1.165, 1.54) is 18.3 Å². The number of carbonyl (C=O) groups is 3. The number of hydrogen-bond acceptors (Lipinski definition) is 5. The average Bonchev–Trinajstić information content (AvgIpc) is 3.19. The van der Waals surface area contributed by atoms with Gasteiger partial charge < -0.3 is 24.7 Å². The Labute approximate surface area is 167 Å². The van der Waals surface area contributed by atoms with Gasteiger partial charge >= 0.3 is 0 Å². The molecule has 0 aliphatic carbocycles. The van der Waals surface area contributed by atoms with Crippen molar-refractivity contribution in [1.29, 1.82) is 0 Å². The van der Waals surface area contributed by atoms with Crippen LogP contribution in [0.1, 0.15) is 23.4 Å². The fourth-order valence-electron chi connectivity index (χ4n) is 2.40. The summed E-state index contributed by atoms with van der Waals surface area (Å²) in [6, 6.07) is 8.04. The van der Waals surface area contributed by atoms with Crippen LogP contribution >= 0.6 is 11.6 Å². The van der Waals surface area contributed by atoms with Crippen LogP contribution < -0.4 is 15.4 Å². The molecule has 2 N–H and O–H groups in total. The van der Waals surface area contributed by atoms with E-state index in [2.05, 4.69) is 10.6 Å². The molecule has 150 valence electrons. The second-order valence-corrected chi connectivity index (χ2v) is 6.42. The summed E-state index contributed by atoms with van der Waals surface area (Å²) in [5.41, 5.74) is 0.432. The minimum Gasteiger partial charge on any atom is -0.495 e. The molecule has 1 heterocycles. The Kier molecular flexibility index (Phi) is 7.88. The van der Waals surface area contributed by atoms with Gasteiger partial charge in [-0.1, -0.05) is 11.6 Å². The maximum absolute atomic E-state index is 12.2. The molecule has 0 fully saturated rings. The van der Waals surface area contributed by atoms with Gasteiger partial charge in [0.2, 0.25) is 11.8 Å². The number of methoxy groups -OCH3 is 1. The van der Waals surface area contributed by atoms with Crippen LogP contribution in [-0.4, -0.2) is 49.9 Å². The number of ether oxygens (including phenoxy) is 1. The lowest BCUT2D eigenvalue weighted by molar-refractivity contribution is -0.133. The first-order chi connectivity index (χ1) is 13.4. The Morgan fingerprint density at radius 1 is 1.25 bits per heavy atom. The van der Waals surface area contributed by atoms with E-state index in [9.17, 15) is 14.4 Å². The predicted octanol–water partition coefficient (Wildman–Crippen LogP) is 2.55. The van der Waals surface area contributed by atoms with E-state index in [-0.39, 0.29) is 36.4 Å². The van der Waals surface area contributed by atoms with Gasteiger partial charge in [-0.25, -0.2) is 0 Å². The van der Waals surface area contributed by atoms with Crippen molar-refractivity contribution in [2.45, 2.75) is 12.8 Å². The molecule has 1 aromatic heterocycles. The number of amides is 3. The van der Waals surface area contributed by atoms with Gasteiger partial charge in [-0.05, 0) is 36.8 Å². The van der Waals surface area contributed by atoms with Gasteiger partial charge in [0, 0.05) is 25.0 Å². The second kappa shape index (κ2) is 10.4. The van der Waals surface area contributed by atoms with Gasteiger partial charge in [-0.3, -0.25) is 14.4 Å². The van der Waals surface area contributed by atoms with Crippen LogP contribution in [0.2, 0.25) is 5.02 Å². The molecule has 3 amide bonds.